The van der Waals surface area contributed by atoms with E-state index in [0.717, 1.165) is 25.9 Å². The fourth-order valence-electron chi connectivity index (χ4n) is 1.93. The second-order valence-electron chi connectivity index (χ2n) is 4.35. The molecule has 1 atom stereocenters. The van der Waals surface area contributed by atoms with Crippen molar-refractivity contribution in [2.45, 2.75) is 32.7 Å². The summed E-state index contributed by atoms with van der Waals surface area (Å²) in [6, 6.07) is 0.514. The fraction of sp³-hybridized carbons (Fsp3) is 0.750. The first-order valence-electron chi connectivity index (χ1n) is 5.66. The van der Waals surface area contributed by atoms with Crippen LogP contribution in [0.1, 0.15) is 26.7 Å². The topological polar surface area (TPSA) is 29.5 Å². The van der Waals surface area contributed by atoms with Gasteiger partial charge in [0.25, 0.3) is 0 Å². The van der Waals surface area contributed by atoms with Crippen molar-refractivity contribution < 1.29 is 9.53 Å². The molecule has 1 saturated heterocycles. The van der Waals surface area contributed by atoms with E-state index in [1.165, 1.54) is 0 Å². The summed E-state index contributed by atoms with van der Waals surface area (Å²) in [6.07, 6.45) is 3.66. The van der Waals surface area contributed by atoms with E-state index in [2.05, 4.69) is 25.3 Å². The average Bonchev–Trinajstić information content (AvgIpc) is 2.26. The minimum absolute atomic E-state index is 0.0566. The first kappa shape index (κ1) is 12.2. The quantitative estimate of drug-likeness (QED) is 0.525. The number of likely N-dealkylation sites (tertiary alicyclic amines) is 1. The molecule has 3 heteroatoms. The second-order valence-corrected chi connectivity index (χ2v) is 4.35. The van der Waals surface area contributed by atoms with E-state index in [9.17, 15) is 4.79 Å². The zero-order valence-corrected chi connectivity index (χ0v) is 9.74. The van der Waals surface area contributed by atoms with Gasteiger partial charge in [0, 0.05) is 12.6 Å². The third-order valence-electron chi connectivity index (χ3n) is 2.86. The molecule has 0 N–H and O–H groups in total. The molecule has 1 rings (SSSR count). The lowest BCUT2D eigenvalue weighted by Crippen LogP contribution is -2.42. The van der Waals surface area contributed by atoms with Gasteiger partial charge in [-0.25, -0.2) is 0 Å². The highest BCUT2D eigenvalue weighted by Crippen LogP contribution is 2.19. The summed E-state index contributed by atoms with van der Waals surface area (Å²) >= 11 is 0. The molecule has 15 heavy (non-hydrogen) atoms. The van der Waals surface area contributed by atoms with Gasteiger partial charge in [0.05, 0.1) is 5.92 Å². The van der Waals surface area contributed by atoms with Crippen molar-refractivity contribution in [2.75, 3.05) is 19.7 Å². The Labute approximate surface area is 92.1 Å². The Bertz CT molecular complexity index is 226. The van der Waals surface area contributed by atoms with Gasteiger partial charge in [-0.1, -0.05) is 12.7 Å². The molecule has 0 bridgehead atoms. The zero-order valence-electron chi connectivity index (χ0n) is 9.74. The molecule has 0 saturated carbocycles. The summed E-state index contributed by atoms with van der Waals surface area (Å²) in [4.78, 5) is 14.0. The Balaban J connectivity index is 2.41. The van der Waals surface area contributed by atoms with Crippen LogP contribution in [0.5, 0.6) is 0 Å². The Morgan fingerprint density at radius 3 is 3.00 bits per heavy atom. The molecule has 0 amide bonds. The van der Waals surface area contributed by atoms with Gasteiger partial charge >= 0.3 is 5.97 Å². The number of rotatable bonds is 4. The average molecular weight is 211 g/mol. The number of nitrogens with zero attached hydrogens (tertiary/aromatic N) is 1. The molecule has 1 aliphatic heterocycles. The molecule has 1 aliphatic rings. The maximum atomic E-state index is 11.6. The van der Waals surface area contributed by atoms with Gasteiger partial charge in [0.2, 0.25) is 0 Å². The smallest absolute Gasteiger partial charge is 0.310 e. The first-order chi connectivity index (χ1) is 7.15. The third kappa shape index (κ3) is 3.67. The molecule has 1 unspecified atom stereocenters. The minimum Gasteiger partial charge on any atom is -0.461 e. The summed E-state index contributed by atoms with van der Waals surface area (Å²) in [5.41, 5.74) is 0. The molecular weight excluding hydrogens is 190 g/mol. The number of ether oxygens (including phenoxy) is 1. The largest absolute Gasteiger partial charge is 0.461 e. The lowest BCUT2D eigenvalue weighted by atomic mass is 9.97. The van der Waals surface area contributed by atoms with Crippen LogP contribution in [0.2, 0.25) is 0 Å². The van der Waals surface area contributed by atoms with Crippen molar-refractivity contribution in [2.24, 2.45) is 5.92 Å². The normalized spacial score (nSPS) is 22.7. The third-order valence-corrected chi connectivity index (χ3v) is 2.86. The first-order valence-corrected chi connectivity index (χ1v) is 5.66. The molecular formula is C12H21NO2. The summed E-state index contributed by atoms with van der Waals surface area (Å²) in [5, 5.41) is 0. The summed E-state index contributed by atoms with van der Waals surface area (Å²) in [7, 11) is 0. The molecule has 0 aromatic carbocycles. The van der Waals surface area contributed by atoms with Crippen LogP contribution in [0.25, 0.3) is 0 Å². The predicted octanol–water partition coefficient (Wildman–Crippen LogP) is 1.84. The number of carbonyl (C=O) groups is 1. The van der Waals surface area contributed by atoms with Crippen molar-refractivity contribution in [3.05, 3.63) is 12.7 Å². The van der Waals surface area contributed by atoms with Crippen molar-refractivity contribution in [3.8, 4) is 0 Å². The van der Waals surface area contributed by atoms with Crippen LogP contribution in [0.15, 0.2) is 12.7 Å². The minimum atomic E-state index is -0.0692. The Morgan fingerprint density at radius 1 is 1.67 bits per heavy atom. The van der Waals surface area contributed by atoms with Crippen LogP contribution in [0, 0.1) is 5.92 Å². The van der Waals surface area contributed by atoms with Crippen LogP contribution >= 0.6 is 0 Å². The van der Waals surface area contributed by atoms with Crippen LogP contribution in [0.4, 0.5) is 0 Å². The van der Waals surface area contributed by atoms with E-state index in [1.54, 1.807) is 6.08 Å². The predicted molar refractivity (Wildman–Crippen MR) is 60.6 cm³/mol. The van der Waals surface area contributed by atoms with Gasteiger partial charge in [0.1, 0.15) is 6.61 Å². The summed E-state index contributed by atoms with van der Waals surface area (Å²) in [5.74, 6) is -0.0126. The SMILES string of the molecule is C=CCOC(=O)C1CCCN(C(C)C)C1. The summed E-state index contributed by atoms with van der Waals surface area (Å²) in [6.45, 7) is 10.1. The van der Waals surface area contributed by atoms with Crippen LogP contribution < -0.4 is 0 Å². The molecule has 86 valence electrons. The Morgan fingerprint density at radius 2 is 2.40 bits per heavy atom. The molecule has 0 aliphatic carbocycles. The molecule has 3 nitrogen and oxygen atoms in total. The van der Waals surface area contributed by atoms with Crippen molar-refractivity contribution in [1.29, 1.82) is 0 Å². The van der Waals surface area contributed by atoms with Crippen molar-refractivity contribution in [1.82, 2.24) is 4.90 Å². The molecule has 0 spiro atoms. The molecule has 0 aromatic heterocycles. The standard InChI is InChI=1S/C12H21NO2/c1-4-8-15-12(14)11-6-5-7-13(9-11)10(2)3/h4,10-11H,1,5-9H2,2-3H3. The molecule has 1 heterocycles. The van der Waals surface area contributed by atoms with E-state index >= 15 is 0 Å². The van der Waals surface area contributed by atoms with Gasteiger partial charge in [-0.2, -0.15) is 0 Å². The summed E-state index contributed by atoms with van der Waals surface area (Å²) < 4.78 is 5.08. The van der Waals surface area contributed by atoms with Gasteiger partial charge < -0.3 is 9.64 Å². The van der Waals surface area contributed by atoms with Crippen molar-refractivity contribution in [3.63, 3.8) is 0 Å². The fourth-order valence-corrected chi connectivity index (χ4v) is 1.93. The van der Waals surface area contributed by atoms with Crippen LogP contribution in [-0.2, 0) is 9.53 Å². The number of hydrogen-bond donors (Lipinski definition) is 0. The lowest BCUT2D eigenvalue weighted by molar-refractivity contribution is -0.149. The second kappa shape index (κ2) is 5.91. The zero-order chi connectivity index (χ0) is 11.3. The highest BCUT2D eigenvalue weighted by atomic mass is 16.5. The van der Waals surface area contributed by atoms with Crippen LogP contribution in [-0.4, -0.2) is 36.6 Å². The number of piperidine rings is 1. The Kier molecular flexibility index (Phi) is 4.82. The van der Waals surface area contributed by atoms with E-state index in [-0.39, 0.29) is 11.9 Å². The molecule has 1 fully saturated rings. The van der Waals surface area contributed by atoms with Gasteiger partial charge in [0.15, 0.2) is 0 Å². The van der Waals surface area contributed by atoms with Crippen molar-refractivity contribution >= 4 is 5.97 Å². The molecule has 0 radical (unpaired) electrons. The lowest BCUT2D eigenvalue weighted by Gasteiger charge is -2.34. The van der Waals surface area contributed by atoms with E-state index in [1.807, 2.05) is 0 Å². The highest BCUT2D eigenvalue weighted by molar-refractivity contribution is 5.72. The van der Waals surface area contributed by atoms with E-state index in [0.29, 0.717) is 12.6 Å². The van der Waals surface area contributed by atoms with Gasteiger partial charge in [-0.3, -0.25) is 4.79 Å². The highest BCUT2D eigenvalue weighted by Gasteiger charge is 2.27. The van der Waals surface area contributed by atoms with Gasteiger partial charge in [-0.05, 0) is 33.2 Å². The van der Waals surface area contributed by atoms with Crippen LogP contribution in [0.3, 0.4) is 0 Å². The number of esters is 1. The monoisotopic (exact) mass is 211 g/mol. The van der Waals surface area contributed by atoms with E-state index < -0.39 is 0 Å². The number of carbonyl (C=O) groups excluding carboxylic acids is 1. The van der Waals surface area contributed by atoms with Gasteiger partial charge in [-0.15, -0.1) is 0 Å². The maximum absolute atomic E-state index is 11.6. The maximum Gasteiger partial charge on any atom is 0.310 e. The van der Waals surface area contributed by atoms with E-state index in [4.69, 9.17) is 4.74 Å². The molecule has 0 aromatic rings. The Hall–Kier alpha value is -0.830. The number of hydrogen-bond acceptors (Lipinski definition) is 3.